The van der Waals surface area contributed by atoms with Crippen LogP contribution in [0.1, 0.15) is 25.3 Å². The SMILES string of the molecule is CC1CCC(C(N)=O)=C1S(=O)Cc1ccccc1. The molecule has 1 aliphatic rings. The number of allylic oxidation sites excluding steroid dienone is 1. The van der Waals surface area contributed by atoms with Crippen LogP contribution in [0.4, 0.5) is 0 Å². The Bertz CT molecular complexity index is 508. The normalized spacial score (nSPS) is 21.1. The third-order valence-corrected chi connectivity index (χ3v) is 4.99. The van der Waals surface area contributed by atoms with E-state index in [-0.39, 0.29) is 5.92 Å². The highest BCUT2D eigenvalue weighted by Gasteiger charge is 2.29. The van der Waals surface area contributed by atoms with Gasteiger partial charge >= 0.3 is 0 Å². The lowest BCUT2D eigenvalue weighted by Gasteiger charge is -2.10. The van der Waals surface area contributed by atoms with Crippen molar-refractivity contribution >= 4 is 16.7 Å². The van der Waals surface area contributed by atoms with Crippen molar-refractivity contribution in [1.29, 1.82) is 0 Å². The van der Waals surface area contributed by atoms with Gasteiger partial charge in [-0.3, -0.25) is 9.00 Å². The minimum atomic E-state index is -1.15. The van der Waals surface area contributed by atoms with Crippen LogP contribution in [-0.2, 0) is 21.3 Å². The number of carbonyl (C=O) groups is 1. The maximum atomic E-state index is 12.4. The summed E-state index contributed by atoms with van der Waals surface area (Å²) in [5.74, 6) is 0.227. The number of nitrogens with two attached hydrogens (primary N) is 1. The largest absolute Gasteiger partial charge is 0.366 e. The van der Waals surface area contributed by atoms with E-state index in [9.17, 15) is 9.00 Å². The van der Waals surface area contributed by atoms with Crippen molar-refractivity contribution in [2.45, 2.75) is 25.5 Å². The number of benzene rings is 1. The fourth-order valence-electron chi connectivity index (χ4n) is 2.32. The number of primary amides is 1. The standard InChI is InChI=1S/C14H17NO2S/c1-10-7-8-12(14(15)16)13(10)18(17)9-11-5-3-2-4-6-11/h2-6,10H,7-9H2,1H3,(H2,15,16). The summed E-state index contributed by atoms with van der Waals surface area (Å²) in [4.78, 5) is 12.1. The monoisotopic (exact) mass is 263 g/mol. The molecule has 0 spiro atoms. The molecule has 2 unspecified atom stereocenters. The van der Waals surface area contributed by atoms with Gasteiger partial charge in [0.25, 0.3) is 0 Å². The second kappa shape index (κ2) is 5.48. The van der Waals surface area contributed by atoms with Crippen LogP contribution in [0, 0.1) is 5.92 Å². The molecular formula is C14H17NO2S. The van der Waals surface area contributed by atoms with Gasteiger partial charge in [0.1, 0.15) is 0 Å². The van der Waals surface area contributed by atoms with Gasteiger partial charge in [-0.15, -0.1) is 0 Å². The summed E-state index contributed by atoms with van der Waals surface area (Å²) >= 11 is 0. The van der Waals surface area contributed by atoms with Gasteiger partial charge in [0.15, 0.2) is 0 Å². The van der Waals surface area contributed by atoms with E-state index in [4.69, 9.17) is 5.73 Å². The van der Waals surface area contributed by atoms with Gasteiger partial charge in [-0.2, -0.15) is 0 Å². The second-order valence-electron chi connectivity index (χ2n) is 4.62. The maximum absolute atomic E-state index is 12.4. The summed E-state index contributed by atoms with van der Waals surface area (Å²) in [6, 6.07) is 9.67. The topological polar surface area (TPSA) is 60.2 Å². The van der Waals surface area contributed by atoms with E-state index in [1.165, 1.54) is 0 Å². The molecule has 1 aliphatic carbocycles. The molecule has 3 nitrogen and oxygen atoms in total. The van der Waals surface area contributed by atoms with Crippen LogP contribution in [0.5, 0.6) is 0 Å². The Kier molecular flexibility index (Phi) is 3.97. The molecule has 1 aromatic rings. The number of hydrogen-bond donors (Lipinski definition) is 1. The second-order valence-corrected chi connectivity index (χ2v) is 6.04. The summed E-state index contributed by atoms with van der Waals surface area (Å²) < 4.78 is 12.4. The molecular weight excluding hydrogens is 246 g/mol. The van der Waals surface area contributed by atoms with E-state index in [2.05, 4.69) is 0 Å². The van der Waals surface area contributed by atoms with Crippen molar-refractivity contribution in [3.05, 3.63) is 46.4 Å². The number of carbonyl (C=O) groups excluding carboxylic acids is 1. The number of amides is 1. The Morgan fingerprint density at radius 3 is 2.67 bits per heavy atom. The van der Waals surface area contributed by atoms with Crippen molar-refractivity contribution < 1.29 is 9.00 Å². The van der Waals surface area contributed by atoms with Crippen molar-refractivity contribution in [1.82, 2.24) is 0 Å². The predicted molar refractivity (Wildman–Crippen MR) is 72.9 cm³/mol. The minimum absolute atomic E-state index is 0.192. The lowest BCUT2D eigenvalue weighted by Crippen LogP contribution is -2.16. The van der Waals surface area contributed by atoms with Crippen LogP contribution in [0.15, 0.2) is 40.8 Å². The van der Waals surface area contributed by atoms with Crippen LogP contribution < -0.4 is 5.73 Å². The van der Waals surface area contributed by atoms with Crippen LogP contribution in [0.25, 0.3) is 0 Å². The van der Waals surface area contributed by atoms with Gasteiger partial charge in [0.05, 0.1) is 16.6 Å². The van der Waals surface area contributed by atoms with Crippen LogP contribution in [0.3, 0.4) is 0 Å². The zero-order valence-electron chi connectivity index (χ0n) is 10.4. The lowest BCUT2D eigenvalue weighted by atomic mass is 10.2. The van der Waals surface area contributed by atoms with Crippen molar-refractivity contribution in [3.63, 3.8) is 0 Å². The van der Waals surface area contributed by atoms with E-state index in [1.807, 2.05) is 37.3 Å². The quantitative estimate of drug-likeness (QED) is 0.904. The summed E-state index contributed by atoms with van der Waals surface area (Å²) in [5.41, 5.74) is 6.95. The Hall–Kier alpha value is -1.42. The zero-order valence-corrected chi connectivity index (χ0v) is 11.2. The molecule has 4 heteroatoms. The molecule has 0 aliphatic heterocycles. The summed E-state index contributed by atoms with van der Waals surface area (Å²) in [7, 11) is -1.15. The molecule has 2 N–H and O–H groups in total. The molecule has 0 saturated carbocycles. The minimum Gasteiger partial charge on any atom is -0.366 e. The molecule has 0 heterocycles. The molecule has 18 heavy (non-hydrogen) atoms. The van der Waals surface area contributed by atoms with Gasteiger partial charge in [0, 0.05) is 10.5 Å². The zero-order chi connectivity index (χ0) is 13.1. The van der Waals surface area contributed by atoms with Gasteiger partial charge in [-0.25, -0.2) is 0 Å². The number of hydrogen-bond acceptors (Lipinski definition) is 2. The first kappa shape index (κ1) is 13.0. The Balaban J connectivity index is 2.22. The van der Waals surface area contributed by atoms with E-state index < -0.39 is 16.7 Å². The van der Waals surface area contributed by atoms with Gasteiger partial charge < -0.3 is 5.73 Å². The highest BCUT2D eigenvalue weighted by atomic mass is 32.2. The molecule has 0 bridgehead atoms. The smallest absolute Gasteiger partial charge is 0.245 e. The van der Waals surface area contributed by atoms with Gasteiger partial charge in [0.2, 0.25) is 5.91 Å². The van der Waals surface area contributed by atoms with Crippen LogP contribution >= 0.6 is 0 Å². The van der Waals surface area contributed by atoms with Gasteiger partial charge in [-0.1, -0.05) is 37.3 Å². The van der Waals surface area contributed by atoms with Crippen molar-refractivity contribution in [2.24, 2.45) is 11.7 Å². The van der Waals surface area contributed by atoms with E-state index in [1.54, 1.807) is 0 Å². The van der Waals surface area contributed by atoms with Crippen LogP contribution in [-0.4, -0.2) is 10.1 Å². The van der Waals surface area contributed by atoms with E-state index in [0.29, 0.717) is 17.7 Å². The average Bonchev–Trinajstić information content (AvgIpc) is 2.72. The summed E-state index contributed by atoms with van der Waals surface area (Å²) in [6.45, 7) is 2.01. The van der Waals surface area contributed by atoms with E-state index in [0.717, 1.165) is 16.9 Å². The molecule has 2 atom stereocenters. The van der Waals surface area contributed by atoms with Crippen LogP contribution in [0.2, 0.25) is 0 Å². The molecule has 0 aromatic heterocycles. The average molecular weight is 263 g/mol. The Morgan fingerprint density at radius 2 is 2.06 bits per heavy atom. The third kappa shape index (κ3) is 2.70. The fraction of sp³-hybridized carbons (Fsp3) is 0.357. The van der Waals surface area contributed by atoms with E-state index >= 15 is 0 Å². The first-order valence-electron chi connectivity index (χ1n) is 6.04. The first-order chi connectivity index (χ1) is 8.59. The fourth-order valence-corrected chi connectivity index (χ4v) is 4.02. The highest BCUT2D eigenvalue weighted by Crippen LogP contribution is 2.34. The molecule has 0 radical (unpaired) electrons. The Morgan fingerprint density at radius 1 is 1.39 bits per heavy atom. The van der Waals surface area contributed by atoms with Crippen molar-refractivity contribution in [2.75, 3.05) is 0 Å². The molecule has 1 amide bonds. The molecule has 0 fully saturated rings. The Labute approximate surface area is 110 Å². The van der Waals surface area contributed by atoms with Gasteiger partial charge in [-0.05, 0) is 24.3 Å². The number of rotatable bonds is 4. The molecule has 0 saturated heterocycles. The lowest BCUT2D eigenvalue weighted by molar-refractivity contribution is -0.114. The molecule has 1 aromatic carbocycles. The molecule has 2 rings (SSSR count). The highest BCUT2D eigenvalue weighted by molar-refractivity contribution is 7.88. The predicted octanol–water partition coefficient (Wildman–Crippen LogP) is 2.10. The first-order valence-corrected chi connectivity index (χ1v) is 7.36. The van der Waals surface area contributed by atoms with Crippen molar-refractivity contribution in [3.8, 4) is 0 Å². The molecule has 96 valence electrons. The third-order valence-electron chi connectivity index (χ3n) is 3.26. The summed E-state index contributed by atoms with van der Waals surface area (Å²) in [5, 5.41) is 0. The maximum Gasteiger partial charge on any atom is 0.245 e. The summed E-state index contributed by atoms with van der Waals surface area (Å²) in [6.07, 6.45) is 1.53.